The summed E-state index contributed by atoms with van der Waals surface area (Å²) in [5, 5.41) is 52.5. The minimum Gasteiger partial charge on any atom is -0.508 e. The number of ether oxygens (including phenoxy) is 1. The molecule has 35 heavy (non-hydrogen) atoms. The Morgan fingerprint density at radius 1 is 1.00 bits per heavy atom. The van der Waals surface area contributed by atoms with E-state index in [0.29, 0.717) is 41.7 Å². The normalized spacial score (nSPS) is 27.1. The van der Waals surface area contributed by atoms with Crippen LogP contribution in [0.2, 0.25) is 0 Å². The first-order valence-electron chi connectivity index (χ1n) is 12.1. The predicted molar refractivity (Wildman–Crippen MR) is 137 cm³/mol. The van der Waals surface area contributed by atoms with E-state index in [9.17, 15) is 25.5 Å². The van der Waals surface area contributed by atoms with E-state index in [-0.39, 0.29) is 23.2 Å². The van der Waals surface area contributed by atoms with Gasteiger partial charge < -0.3 is 30.3 Å². The van der Waals surface area contributed by atoms with E-state index in [1.54, 1.807) is 36.4 Å². The van der Waals surface area contributed by atoms with E-state index in [0.717, 1.165) is 11.1 Å². The predicted octanol–water partition coefficient (Wildman–Crippen LogP) is 4.94. The number of phenols is 3. The number of allylic oxidation sites excluding steroid dienone is 2. The van der Waals surface area contributed by atoms with E-state index in [2.05, 4.69) is 0 Å². The molecule has 0 unspecified atom stereocenters. The standard InChI is InChI=1S/C29H36O6/c1-16(2)6-9-21-22(31)10-17(11-23(21)32)7-8-18-12-20(30)13-19-14-25-28(3,4)27(34)24(33)15-29(25,5)35-26(18)19/h6-8,10-13,24-25,27,30-34H,9,14-15H2,1-5H3/b8-7+/t24-,25-,27-,29-/m1/s1. The SMILES string of the molecule is CC(C)=CCc1c(O)cc(/C=C/c2cc(O)cc3c2O[C@]2(C)C[C@@H](O)[C@@H](O)C(C)(C)[C@H]2C3)cc1O. The van der Waals surface area contributed by atoms with Crippen molar-refractivity contribution < 1.29 is 30.3 Å². The molecule has 0 aromatic heterocycles. The molecule has 1 aliphatic heterocycles. The number of hydrogen-bond donors (Lipinski definition) is 5. The Morgan fingerprint density at radius 3 is 2.29 bits per heavy atom. The van der Waals surface area contributed by atoms with Gasteiger partial charge in [-0.1, -0.05) is 37.6 Å². The number of fused-ring (bicyclic) bond motifs is 2. The highest BCUT2D eigenvalue weighted by Crippen LogP contribution is 2.54. The van der Waals surface area contributed by atoms with Crippen LogP contribution in [0.5, 0.6) is 23.0 Å². The Bertz CT molecular complexity index is 1170. The zero-order valence-electron chi connectivity index (χ0n) is 21.0. The lowest BCUT2D eigenvalue weighted by atomic mass is 9.57. The first-order chi connectivity index (χ1) is 16.3. The van der Waals surface area contributed by atoms with E-state index in [4.69, 9.17) is 4.74 Å². The lowest BCUT2D eigenvalue weighted by molar-refractivity contribution is -0.187. The van der Waals surface area contributed by atoms with Gasteiger partial charge in [0.25, 0.3) is 0 Å². The van der Waals surface area contributed by atoms with Gasteiger partial charge in [-0.05, 0) is 69.0 Å². The van der Waals surface area contributed by atoms with Gasteiger partial charge in [-0.3, -0.25) is 0 Å². The van der Waals surface area contributed by atoms with E-state index in [1.165, 1.54) is 0 Å². The Morgan fingerprint density at radius 2 is 1.66 bits per heavy atom. The molecular formula is C29H36O6. The maximum atomic E-state index is 10.6. The first kappa shape index (κ1) is 25.1. The van der Waals surface area contributed by atoms with Gasteiger partial charge in [0.05, 0.1) is 12.2 Å². The number of benzene rings is 2. The lowest BCUT2D eigenvalue weighted by Gasteiger charge is -2.56. The largest absolute Gasteiger partial charge is 0.508 e. The summed E-state index contributed by atoms with van der Waals surface area (Å²) in [4.78, 5) is 0. The fourth-order valence-corrected chi connectivity index (χ4v) is 5.76. The second-order valence-corrected chi connectivity index (χ2v) is 11.1. The second-order valence-electron chi connectivity index (χ2n) is 11.1. The molecule has 0 radical (unpaired) electrons. The van der Waals surface area contributed by atoms with Gasteiger partial charge in [0, 0.05) is 28.9 Å². The Hall–Kier alpha value is -2.96. The summed E-state index contributed by atoms with van der Waals surface area (Å²) in [6, 6.07) is 6.50. The van der Waals surface area contributed by atoms with Gasteiger partial charge in [0.15, 0.2) is 0 Å². The van der Waals surface area contributed by atoms with Gasteiger partial charge in [-0.2, -0.15) is 0 Å². The van der Waals surface area contributed by atoms with Crippen LogP contribution in [0.15, 0.2) is 35.9 Å². The molecule has 0 bridgehead atoms. The number of hydrogen-bond acceptors (Lipinski definition) is 6. The van der Waals surface area contributed by atoms with Crippen LogP contribution < -0.4 is 4.74 Å². The van der Waals surface area contributed by atoms with Crippen LogP contribution in [0.4, 0.5) is 0 Å². The average molecular weight is 481 g/mol. The van der Waals surface area contributed by atoms with Crippen molar-refractivity contribution in [3.63, 3.8) is 0 Å². The molecule has 5 N–H and O–H groups in total. The van der Waals surface area contributed by atoms with E-state index < -0.39 is 23.2 Å². The Kier molecular flexibility index (Phi) is 6.41. The lowest BCUT2D eigenvalue weighted by Crippen LogP contribution is -2.63. The summed E-state index contributed by atoms with van der Waals surface area (Å²) >= 11 is 0. The van der Waals surface area contributed by atoms with Crippen LogP contribution >= 0.6 is 0 Å². The van der Waals surface area contributed by atoms with Crippen molar-refractivity contribution in [2.45, 2.75) is 71.7 Å². The molecule has 4 rings (SSSR count). The van der Waals surface area contributed by atoms with Gasteiger partial charge >= 0.3 is 0 Å². The van der Waals surface area contributed by atoms with Gasteiger partial charge in [-0.15, -0.1) is 0 Å². The molecule has 4 atom stereocenters. The summed E-state index contributed by atoms with van der Waals surface area (Å²) in [5.41, 5.74) is 2.42. The van der Waals surface area contributed by atoms with Gasteiger partial charge in [-0.25, -0.2) is 0 Å². The summed E-state index contributed by atoms with van der Waals surface area (Å²) in [7, 11) is 0. The van der Waals surface area contributed by atoms with Crippen LogP contribution in [0.25, 0.3) is 12.2 Å². The zero-order valence-corrected chi connectivity index (χ0v) is 21.0. The summed E-state index contributed by atoms with van der Waals surface area (Å²) < 4.78 is 6.53. The Labute approximate surface area is 206 Å². The van der Waals surface area contributed by atoms with Gasteiger partial charge in [0.1, 0.15) is 28.6 Å². The maximum Gasteiger partial charge on any atom is 0.130 e. The minimum atomic E-state index is -0.889. The monoisotopic (exact) mass is 480 g/mol. The van der Waals surface area contributed by atoms with Crippen LogP contribution in [0.1, 0.15) is 63.3 Å². The summed E-state index contributed by atoms with van der Waals surface area (Å²) in [5.74, 6) is 0.715. The molecule has 0 spiro atoms. The summed E-state index contributed by atoms with van der Waals surface area (Å²) in [6.07, 6.45) is 5.07. The molecule has 1 aliphatic carbocycles. The third kappa shape index (κ3) is 4.65. The van der Waals surface area contributed by atoms with Crippen molar-refractivity contribution in [1.29, 1.82) is 0 Å². The van der Waals surface area contributed by atoms with Crippen LogP contribution in [-0.2, 0) is 12.8 Å². The Balaban J connectivity index is 1.69. The van der Waals surface area contributed by atoms with Crippen molar-refractivity contribution in [2.24, 2.45) is 11.3 Å². The van der Waals surface area contributed by atoms with Gasteiger partial charge in [0.2, 0.25) is 0 Å². The second kappa shape index (κ2) is 8.92. The zero-order chi connectivity index (χ0) is 25.7. The molecule has 0 saturated heterocycles. The molecule has 6 nitrogen and oxygen atoms in total. The average Bonchev–Trinajstić information content (AvgIpc) is 2.75. The molecule has 0 amide bonds. The number of aromatic hydroxyl groups is 3. The molecule has 2 aromatic rings. The van der Waals surface area contributed by atoms with Crippen molar-refractivity contribution in [3.8, 4) is 23.0 Å². The fourth-order valence-electron chi connectivity index (χ4n) is 5.76. The van der Waals surface area contributed by atoms with E-state index in [1.807, 2.05) is 40.7 Å². The number of aliphatic hydroxyl groups excluding tert-OH is 2. The topological polar surface area (TPSA) is 110 Å². The molecule has 1 heterocycles. The molecule has 188 valence electrons. The quantitative estimate of drug-likeness (QED) is 0.313. The smallest absolute Gasteiger partial charge is 0.130 e. The van der Waals surface area contributed by atoms with E-state index >= 15 is 0 Å². The number of aliphatic hydroxyl groups is 2. The van der Waals surface area contributed by atoms with Crippen LogP contribution in [0, 0.1) is 11.3 Å². The molecule has 1 fully saturated rings. The maximum absolute atomic E-state index is 10.6. The molecule has 1 saturated carbocycles. The molecule has 6 heteroatoms. The van der Waals surface area contributed by atoms with Crippen molar-refractivity contribution in [3.05, 3.63) is 58.2 Å². The third-order valence-corrected chi connectivity index (χ3v) is 7.71. The van der Waals surface area contributed by atoms with Crippen LogP contribution in [0.3, 0.4) is 0 Å². The first-order valence-corrected chi connectivity index (χ1v) is 12.1. The molecular weight excluding hydrogens is 444 g/mol. The molecule has 2 aromatic carbocycles. The van der Waals surface area contributed by atoms with Crippen molar-refractivity contribution in [2.75, 3.05) is 0 Å². The van der Waals surface area contributed by atoms with Crippen LogP contribution in [-0.4, -0.2) is 43.3 Å². The summed E-state index contributed by atoms with van der Waals surface area (Å²) in [6.45, 7) is 9.79. The highest BCUT2D eigenvalue weighted by molar-refractivity contribution is 5.76. The van der Waals surface area contributed by atoms with Crippen molar-refractivity contribution >= 4 is 12.2 Å². The fraction of sp³-hybridized carbons (Fsp3) is 0.448. The highest BCUT2D eigenvalue weighted by Gasteiger charge is 2.57. The third-order valence-electron chi connectivity index (χ3n) is 7.71. The highest BCUT2D eigenvalue weighted by atomic mass is 16.5. The number of rotatable bonds is 4. The number of phenolic OH excluding ortho intramolecular Hbond substituents is 3. The minimum absolute atomic E-state index is 0.0173. The van der Waals surface area contributed by atoms with Crippen molar-refractivity contribution in [1.82, 2.24) is 0 Å². The molecule has 2 aliphatic rings.